The minimum absolute atomic E-state index is 0.0383. The summed E-state index contributed by atoms with van der Waals surface area (Å²) in [5, 5.41) is 12.7. The van der Waals surface area contributed by atoms with Crippen LogP contribution in [0.5, 0.6) is 0 Å². The summed E-state index contributed by atoms with van der Waals surface area (Å²) < 4.78 is 0. The first-order chi connectivity index (χ1) is 10.9. The predicted molar refractivity (Wildman–Crippen MR) is 94.7 cm³/mol. The second-order valence-corrected chi connectivity index (χ2v) is 8.12. The Bertz CT molecular complexity index is 565. The molecule has 0 heterocycles. The van der Waals surface area contributed by atoms with Gasteiger partial charge < -0.3 is 10.4 Å². The molecule has 2 N–H and O–H groups in total. The Morgan fingerprint density at radius 1 is 1.30 bits per heavy atom. The third kappa shape index (κ3) is 5.57. The van der Waals surface area contributed by atoms with E-state index in [1.807, 2.05) is 30.0 Å². The largest absolute Gasteiger partial charge is 0.481 e. The molecule has 1 saturated carbocycles. The molecule has 1 fully saturated rings. The lowest BCUT2D eigenvalue weighted by molar-refractivity contribution is -0.148. The number of carboxylic acids is 1. The van der Waals surface area contributed by atoms with Crippen LogP contribution in [0.2, 0.25) is 0 Å². The van der Waals surface area contributed by atoms with Gasteiger partial charge in [0.1, 0.15) is 0 Å². The van der Waals surface area contributed by atoms with Gasteiger partial charge in [-0.25, -0.2) is 0 Å². The van der Waals surface area contributed by atoms with Crippen LogP contribution in [0, 0.1) is 5.41 Å². The maximum Gasteiger partial charge on any atom is 0.309 e. The Hall–Kier alpha value is -1.49. The molecule has 0 saturated heterocycles. The number of rotatable bonds is 7. The lowest BCUT2D eigenvalue weighted by atomic mass is 9.89. The third-order valence-corrected chi connectivity index (χ3v) is 5.62. The van der Waals surface area contributed by atoms with Crippen LogP contribution in [-0.4, -0.2) is 22.2 Å². The highest BCUT2D eigenvalue weighted by Crippen LogP contribution is 2.32. The molecule has 1 aromatic carbocycles. The number of amides is 1. The van der Waals surface area contributed by atoms with E-state index >= 15 is 0 Å². The summed E-state index contributed by atoms with van der Waals surface area (Å²) in [5.74, 6) is -0.276. The normalized spacial score (nSPS) is 15.6. The van der Waals surface area contributed by atoms with Crippen LogP contribution in [0.25, 0.3) is 0 Å². The van der Waals surface area contributed by atoms with E-state index < -0.39 is 11.4 Å². The van der Waals surface area contributed by atoms with Crippen molar-refractivity contribution in [1.82, 2.24) is 0 Å². The number of aliphatic carboxylic acids is 1. The number of benzene rings is 1. The van der Waals surface area contributed by atoms with Gasteiger partial charge in [-0.15, -0.1) is 0 Å². The lowest BCUT2D eigenvalue weighted by Gasteiger charge is -2.18. The Balaban J connectivity index is 1.88. The van der Waals surface area contributed by atoms with Crippen molar-refractivity contribution in [2.24, 2.45) is 5.41 Å². The van der Waals surface area contributed by atoms with E-state index in [4.69, 9.17) is 5.11 Å². The van der Waals surface area contributed by atoms with Crippen LogP contribution in [0.4, 0.5) is 5.69 Å². The molecule has 1 aliphatic carbocycles. The highest BCUT2D eigenvalue weighted by Gasteiger charge is 2.30. The fraction of sp³-hybridized carbons (Fsp3) is 0.556. The highest BCUT2D eigenvalue weighted by atomic mass is 32.2. The molecule has 0 unspecified atom stereocenters. The van der Waals surface area contributed by atoms with Crippen LogP contribution in [0.15, 0.2) is 24.3 Å². The summed E-state index contributed by atoms with van der Waals surface area (Å²) in [6.45, 7) is 3.12. The molecule has 0 bridgehead atoms. The number of carboxylic acid groups (broad SMARTS) is 1. The summed E-state index contributed by atoms with van der Waals surface area (Å²) in [4.78, 5) is 23.1. The number of nitrogens with one attached hydrogen (secondary N) is 1. The van der Waals surface area contributed by atoms with Crippen molar-refractivity contribution < 1.29 is 14.7 Å². The number of carbonyl (C=O) groups excluding carboxylic acids is 1. The van der Waals surface area contributed by atoms with Crippen LogP contribution in [0.1, 0.15) is 51.5 Å². The van der Waals surface area contributed by atoms with Crippen LogP contribution in [-0.2, 0) is 15.3 Å². The molecular weight excluding hydrogens is 310 g/mol. The molecule has 1 amide bonds. The van der Waals surface area contributed by atoms with Crippen LogP contribution >= 0.6 is 11.8 Å². The van der Waals surface area contributed by atoms with Gasteiger partial charge in [-0.2, -0.15) is 11.8 Å². The molecule has 0 atom stereocenters. The van der Waals surface area contributed by atoms with Gasteiger partial charge in [-0.05, 0) is 44.4 Å². The van der Waals surface area contributed by atoms with E-state index in [-0.39, 0.29) is 12.3 Å². The summed E-state index contributed by atoms with van der Waals surface area (Å²) in [6.07, 6.45) is 5.26. The van der Waals surface area contributed by atoms with Crippen molar-refractivity contribution in [1.29, 1.82) is 0 Å². The average Bonchev–Trinajstić information content (AvgIpc) is 2.98. The quantitative estimate of drug-likeness (QED) is 0.779. The van der Waals surface area contributed by atoms with Crippen molar-refractivity contribution in [2.75, 3.05) is 5.32 Å². The van der Waals surface area contributed by atoms with Gasteiger partial charge in [-0.3, -0.25) is 9.59 Å². The van der Waals surface area contributed by atoms with E-state index in [9.17, 15) is 9.59 Å². The van der Waals surface area contributed by atoms with Gasteiger partial charge in [0.25, 0.3) is 0 Å². The summed E-state index contributed by atoms with van der Waals surface area (Å²) in [5.41, 5.74) is 0.873. The van der Waals surface area contributed by atoms with E-state index in [1.54, 1.807) is 13.8 Å². The SMILES string of the molecule is CC(C)(CC(=O)Nc1cccc(CSC2CCCC2)c1)C(=O)O. The molecule has 1 aliphatic rings. The first kappa shape index (κ1) is 17.9. The van der Waals surface area contributed by atoms with Crippen molar-refractivity contribution in [3.8, 4) is 0 Å². The van der Waals surface area contributed by atoms with E-state index in [2.05, 4.69) is 11.4 Å². The van der Waals surface area contributed by atoms with Gasteiger partial charge in [0.15, 0.2) is 0 Å². The number of carbonyl (C=O) groups is 2. The summed E-state index contributed by atoms with van der Waals surface area (Å²) in [6, 6.07) is 7.82. The number of hydrogen-bond donors (Lipinski definition) is 2. The molecule has 23 heavy (non-hydrogen) atoms. The van der Waals surface area contributed by atoms with Gasteiger partial charge in [-0.1, -0.05) is 25.0 Å². The molecular formula is C18H25NO3S. The molecule has 0 aliphatic heterocycles. The zero-order valence-corrected chi connectivity index (χ0v) is 14.6. The smallest absolute Gasteiger partial charge is 0.309 e. The number of hydrogen-bond acceptors (Lipinski definition) is 3. The number of thioether (sulfide) groups is 1. The molecule has 5 heteroatoms. The topological polar surface area (TPSA) is 66.4 Å². The van der Waals surface area contributed by atoms with Gasteiger partial charge in [0.2, 0.25) is 5.91 Å². The van der Waals surface area contributed by atoms with Gasteiger partial charge >= 0.3 is 5.97 Å². The third-order valence-electron chi connectivity index (χ3n) is 4.18. The predicted octanol–water partition coefficient (Wildman–Crippen LogP) is 4.30. The first-order valence-electron chi connectivity index (χ1n) is 8.10. The Labute approximate surface area is 142 Å². The molecule has 0 aromatic heterocycles. The summed E-state index contributed by atoms with van der Waals surface area (Å²) in [7, 11) is 0. The fourth-order valence-electron chi connectivity index (χ4n) is 2.69. The maximum absolute atomic E-state index is 12.0. The van der Waals surface area contributed by atoms with Crippen molar-refractivity contribution in [2.45, 2.75) is 57.0 Å². The molecule has 0 spiro atoms. The molecule has 1 aromatic rings. The molecule has 126 valence electrons. The zero-order valence-electron chi connectivity index (χ0n) is 13.8. The molecule has 4 nitrogen and oxygen atoms in total. The van der Waals surface area contributed by atoms with Gasteiger partial charge in [0, 0.05) is 23.1 Å². The highest BCUT2D eigenvalue weighted by molar-refractivity contribution is 7.99. The van der Waals surface area contributed by atoms with Crippen LogP contribution < -0.4 is 5.32 Å². The van der Waals surface area contributed by atoms with E-state index in [0.29, 0.717) is 0 Å². The van der Waals surface area contributed by atoms with E-state index in [0.717, 1.165) is 16.7 Å². The molecule has 0 radical (unpaired) electrons. The van der Waals surface area contributed by atoms with Crippen LogP contribution in [0.3, 0.4) is 0 Å². The minimum atomic E-state index is -1.06. The monoisotopic (exact) mass is 335 g/mol. The fourth-order valence-corrected chi connectivity index (χ4v) is 3.96. The number of anilines is 1. The second-order valence-electron chi connectivity index (χ2n) is 6.83. The first-order valence-corrected chi connectivity index (χ1v) is 9.15. The maximum atomic E-state index is 12.0. The average molecular weight is 335 g/mol. The van der Waals surface area contributed by atoms with E-state index in [1.165, 1.54) is 31.2 Å². The Morgan fingerprint density at radius 3 is 2.65 bits per heavy atom. The van der Waals surface area contributed by atoms with Crippen molar-refractivity contribution in [3.63, 3.8) is 0 Å². The standard InChI is InChI=1S/C18H25NO3S/c1-18(2,17(21)22)11-16(20)19-14-7-5-6-13(10-14)12-23-15-8-3-4-9-15/h5-7,10,15H,3-4,8-9,11-12H2,1-2H3,(H,19,20)(H,21,22). The lowest BCUT2D eigenvalue weighted by Crippen LogP contribution is -2.29. The van der Waals surface area contributed by atoms with Crippen molar-refractivity contribution >= 4 is 29.3 Å². The molecule has 2 rings (SSSR count). The Kier molecular flexibility index (Phi) is 6.10. The minimum Gasteiger partial charge on any atom is -0.481 e. The second kappa shape index (κ2) is 7.86. The zero-order chi connectivity index (χ0) is 16.9. The summed E-state index contributed by atoms with van der Waals surface area (Å²) >= 11 is 1.99. The van der Waals surface area contributed by atoms with Crippen molar-refractivity contribution in [3.05, 3.63) is 29.8 Å². The van der Waals surface area contributed by atoms with Gasteiger partial charge in [0.05, 0.1) is 5.41 Å². The Morgan fingerprint density at radius 2 is 2.00 bits per heavy atom.